The van der Waals surface area contributed by atoms with E-state index in [-0.39, 0.29) is 29.8 Å². The predicted octanol–water partition coefficient (Wildman–Crippen LogP) is 0.591. The predicted molar refractivity (Wildman–Crippen MR) is 141 cm³/mol. The lowest BCUT2D eigenvalue weighted by Crippen LogP contribution is -2.72. The highest BCUT2D eigenvalue weighted by molar-refractivity contribution is 6.53. The first-order chi connectivity index (χ1) is 17.8. The molecule has 8 radical (unpaired) electrons. The average molecular weight is 514 g/mol. The Morgan fingerprint density at radius 1 is 1.26 bits per heavy atom. The number of nitrogens with zero attached hydrogens (tertiary/aromatic N) is 3. The van der Waals surface area contributed by atoms with Crippen LogP contribution in [0.3, 0.4) is 0 Å². The van der Waals surface area contributed by atoms with Gasteiger partial charge < -0.3 is 24.1 Å². The Labute approximate surface area is 225 Å². The number of fused-ring (bicyclic) bond motifs is 1. The van der Waals surface area contributed by atoms with E-state index in [9.17, 15) is 4.79 Å². The van der Waals surface area contributed by atoms with E-state index >= 15 is 8.78 Å². The number of benzene rings is 1. The maximum Gasteiger partial charge on any atom is 0.292 e. The third-order valence-electron chi connectivity index (χ3n) is 6.26. The zero-order valence-corrected chi connectivity index (χ0v) is 21.5. The van der Waals surface area contributed by atoms with Crippen LogP contribution in [0.25, 0.3) is 16.9 Å². The van der Waals surface area contributed by atoms with E-state index in [0.29, 0.717) is 17.8 Å². The maximum atomic E-state index is 15.2. The van der Waals surface area contributed by atoms with Crippen LogP contribution in [0.15, 0.2) is 30.5 Å². The van der Waals surface area contributed by atoms with Crippen molar-refractivity contribution in [2.75, 3.05) is 27.7 Å². The van der Waals surface area contributed by atoms with Crippen molar-refractivity contribution in [1.29, 1.82) is 0 Å². The molecule has 0 bridgehead atoms. The number of amides is 1. The summed E-state index contributed by atoms with van der Waals surface area (Å²) in [5.74, 6) is -2.45. The molecule has 0 saturated carbocycles. The van der Waals surface area contributed by atoms with Crippen LogP contribution >= 0.6 is 0 Å². The molecule has 1 aliphatic heterocycles. The highest BCUT2D eigenvalue weighted by Gasteiger charge is 2.45. The summed E-state index contributed by atoms with van der Waals surface area (Å²) in [4.78, 5) is 26.9. The van der Waals surface area contributed by atoms with Gasteiger partial charge >= 0.3 is 0 Å². The molecule has 1 fully saturated rings. The van der Waals surface area contributed by atoms with Crippen molar-refractivity contribution in [1.82, 2.24) is 19.6 Å². The van der Waals surface area contributed by atoms with Crippen molar-refractivity contribution >= 4 is 49.4 Å². The Bertz CT molecular complexity index is 1330. The second-order valence-electron chi connectivity index (χ2n) is 9.01. The van der Waals surface area contributed by atoms with E-state index in [1.165, 1.54) is 14.2 Å². The summed E-state index contributed by atoms with van der Waals surface area (Å²) in [6, 6.07) is 5.58. The van der Waals surface area contributed by atoms with Crippen LogP contribution in [-0.2, 0) is 20.7 Å². The van der Waals surface area contributed by atoms with E-state index in [0.717, 1.165) is 17.7 Å². The fraction of sp³-hybridized carbons (Fsp3) is 0.375. The fourth-order valence-electron chi connectivity index (χ4n) is 4.15. The number of hydrogen-bond donors (Lipinski definition) is 1. The molecule has 1 saturated heterocycles. The minimum atomic E-state index is -1.88. The number of nitrogens with one attached hydrogen (secondary N) is 1. The van der Waals surface area contributed by atoms with Crippen molar-refractivity contribution in [3.8, 4) is 11.3 Å². The van der Waals surface area contributed by atoms with Crippen LogP contribution in [-0.4, -0.2) is 103 Å². The van der Waals surface area contributed by atoms with Crippen LogP contribution in [0, 0.1) is 18.6 Å². The SMILES string of the molecule is COC=O.[B]C1([B])OC(Cc2c(-c3c(F)cc(C(=O)NC)cc3F)nc3cc(C)ccn23)CN(C)C1([B])[B]. The third kappa shape index (κ3) is 5.66. The summed E-state index contributed by atoms with van der Waals surface area (Å²) in [7, 11) is 28.5. The Balaban J connectivity index is 0.000000934. The number of methoxy groups -OCH3 is 1. The number of pyridine rings is 1. The first-order valence-electron chi connectivity index (χ1n) is 11.5. The summed E-state index contributed by atoms with van der Waals surface area (Å²) >= 11 is 0. The molecule has 3 heterocycles. The van der Waals surface area contributed by atoms with Gasteiger partial charge in [0.2, 0.25) is 0 Å². The Morgan fingerprint density at radius 3 is 2.39 bits per heavy atom. The number of carbonyl (C=O) groups excluding carboxylic acids is 2. The molecular weight excluding hydrogens is 490 g/mol. The van der Waals surface area contributed by atoms with Crippen LogP contribution in [0.2, 0.25) is 0 Å². The van der Waals surface area contributed by atoms with Gasteiger partial charge in [-0.25, -0.2) is 13.8 Å². The molecule has 3 aromatic rings. The van der Waals surface area contributed by atoms with Crippen LogP contribution < -0.4 is 5.32 Å². The quantitative estimate of drug-likeness (QED) is 0.397. The second kappa shape index (κ2) is 11.3. The molecule has 4 rings (SSSR count). The second-order valence-corrected chi connectivity index (χ2v) is 9.01. The van der Waals surface area contributed by atoms with Crippen molar-refractivity contribution in [2.24, 2.45) is 0 Å². The molecule has 14 heteroatoms. The molecule has 1 unspecified atom stereocenters. The lowest BCUT2D eigenvalue weighted by atomic mass is 9.39. The number of aromatic nitrogens is 2. The molecule has 190 valence electrons. The molecule has 2 aromatic heterocycles. The van der Waals surface area contributed by atoms with Gasteiger partial charge in [0.25, 0.3) is 12.4 Å². The molecule has 1 atom stereocenters. The van der Waals surface area contributed by atoms with Crippen LogP contribution in [0.4, 0.5) is 8.78 Å². The average Bonchev–Trinajstić information content (AvgIpc) is 3.18. The van der Waals surface area contributed by atoms with Crippen molar-refractivity contribution in [3.05, 3.63) is 58.9 Å². The highest BCUT2D eigenvalue weighted by Crippen LogP contribution is 2.34. The molecular formula is C24H24B4F2N4O4. The van der Waals surface area contributed by atoms with E-state index in [1.54, 1.807) is 28.6 Å². The number of likely N-dealkylation sites (N-methyl/N-ethyl adjacent to an activating group) is 1. The van der Waals surface area contributed by atoms with Crippen LogP contribution in [0.1, 0.15) is 21.6 Å². The van der Waals surface area contributed by atoms with Crippen LogP contribution in [0.5, 0.6) is 0 Å². The number of hydrogen-bond acceptors (Lipinski definition) is 6. The zero-order chi connectivity index (χ0) is 28.4. The Hall–Kier alpha value is -3.11. The van der Waals surface area contributed by atoms with Gasteiger partial charge in [0, 0.05) is 31.8 Å². The maximum absolute atomic E-state index is 15.2. The largest absolute Gasteiger partial charge is 0.471 e. The molecule has 1 aliphatic rings. The Morgan fingerprint density at radius 2 is 1.87 bits per heavy atom. The van der Waals surface area contributed by atoms with E-state index in [1.807, 2.05) is 13.0 Å². The monoisotopic (exact) mass is 514 g/mol. The zero-order valence-electron chi connectivity index (χ0n) is 21.5. The van der Waals surface area contributed by atoms with Gasteiger partial charge in [-0.2, -0.15) is 0 Å². The number of imidazole rings is 1. The highest BCUT2D eigenvalue weighted by atomic mass is 19.1. The van der Waals surface area contributed by atoms with Gasteiger partial charge in [-0.15, -0.1) is 0 Å². The number of aryl methyl sites for hydroxylation is 1. The topological polar surface area (TPSA) is 85.2 Å². The third-order valence-corrected chi connectivity index (χ3v) is 6.26. The van der Waals surface area contributed by atoms with Crippen molar-refractivity contribution in [2.45, 2.75) is 30.2 Å². The smallest absolute Gasteiger partial charge is 0.292 e. The first-order valence-corrected chi connectivity index (χ1v) is 11.5. The minimum Gasteiger partial charge on any atom is -0.471 e. The summed E-state index contributed by atoms with van der Waals surface area (Å²) < 4.78 is 41.7. The number of carbonyl (C=O) groups is 2. The molecule has 1 N–H and O–H groups in total. The molecule has 0 spiro atoms. The van der Waals surface area contributed by atoms with E-state index < -0.39 is 34.4 Å². The van der Waals surface area contributed by atoms with Gasteiger partial charge in [-0.1, -0.05) is 0 Å². The van der Waals surface area contributed by atoms with Gasteiger partial charge in [0.15, 0.2) is 0 Å². The molecule has 8 nitrogen and oxygen atoms in total. The number of morpholine rings is 1. The summed E-state index contributed by atoms with van der Waals surface area (Å²) in [6.07, 6.45) is 1.29. The lowest BCUT2D eigenvalue weighted by molar-refractivity contribution is -0.126. The van der Waals surface area contributed by atoms with Crippen molar-refractivity contribution < 1.29 is 27.8 Å². The number of halogens is 2. The van der Waals surface area contributed by atoms with Gasteiger partial charge in [-0.05, 0) is 54.5 Å². The summed E-state index contributed by atoms with van der Waals surface area (Å²) in [5.41, 5.74) is 1.45. The molecule has 38 heavy (non-hydrogen) atoms. The van der Waals surface area contributed by atoms with Gasteiger partial charge in [0.1, 0.15) is 17.3 Å². The fourth-order valence-corrected chi connectivity index (χ4v) is 4.15. The standard InChI is InChI=1S/C22H20B4F2N4O2.C2H4O2/c1-11-4-5-32-16(9-13-10-31(3)21(23,24)22(25,26)34-13)19(30-17(32)6-11)18-14(27)7-12(8-15(18)28)20(33)29-2;1-4-2-3/h4-8,13H,9-10H2,1-3H3,(H,29,33);2H,1H3. The Kier molecular flexibility index (Phi) is 8.78. The summed E-state index contributed by atoms with van der Waals surface area (Å²) in [6.45, 7) is 2.51. The normalized spacial score (nSPS) is 18.3. The van der Waals surface area contributed by atoms with Gasteiger partial charge in [-0.3, -0.25) is 9.59 Å². The van der Waals surface area contributed by atoms with E-state index in [4.69, 9.17) is 40.9 Å². The number of ether oxygens (including phenoxy) is 2. The first kappa shape index (κ1) is 29.4. The lowest BCUT2D eigenvalue weighted by Gasteiger charge is -2.56. The van der Waals surface area contributed by atoms with Gasteiger partial charge in [0.05, 0.1) is 61.6 Å². The van der Waals surface area contributed by atoms with E-state index in [2.05, 4.69) is 15.0 Å². The summed E-state index contributed by atoms with van der Waals surface area (Å²) in [5, 5.41) is -1.16. The molecule has 1 amide bonds. The molecule has 1 aromatic carbocycles. The minimum absolute atomic E-state index is 0.0762. The number of rotatable bonds is 5. The van der Waals surface area contributed by atoms with Crippen molar-refractivity contribution in [3.63, 3.8) is 0 Å². The molecule has 0 aliphatic carbocycles.